The molecule has 0 aromatic heterocycles. The van der Waals surface area contributed by atoms with E-state index >= 15 is 0 Å². The van der Waals surface area contributed by atoms with Crippen LogP contribution in [0.4, 0.5) is 0 Å². The van der Waals surface area contributed by atoms with E-state index in [1.165, 1.54) is 43.0 Å². The van der Waals surface area contributed by atoms with Gasteiger partial charge in [-0.05, 0) is 63.8 Å². The lowest BCUT2D eigenvalue weighted by Gasteiger charge is -2.41. The summed E-state index contributed by atoms with van der Waals surface area (Å²) in [6.07, 6.45) is 3.93. The fourth-order valence-corrected chi connectivity index (χ4v) is 4.51. The van der Waals surface area contributed by atoms with Crippen LogP contribution in [0.3, 0.4) is 0 Å². The second-order valence-corrected chi connectivity index (χ2v) is 7.03. The number of hydrogen-bond acceptors (Lipinski definition) is 3. The molecule has 2 aliphatic heterocycles. The second kappa shape index (κ2) is 5.86. The Balaban J connectivity index is 1.75. The number of nitrogens with zero attached hydrogens (tertiary/aromatic N) is 2. The predicted octanol–water partition coefficient (Wildman–Crippen LogP) is 3.25. The molecule has 0 amide bonds. The van der Waals surface area contributed by atoms with E-state index in [4.69, 9.17) is 0 Å². The van der Waals surface area contributed by atoms with Crippen LogP contribution in [0, 0.1) is 0 Å². The Bertz CT molecular complexity index is 427. The molecule has 0 saturated carbocycles. The van der Waals surface area contributed by atoms with Crippen LogP contribution >= 0.6 is 11.8 Å². The van der Waals surface area contributed by atoms with E-state index in [9.17, 15) is 0 Å². The van der Waals surface area contributed by atoms with Crippen molar-refractivity contribution in [2.24, 2.45) is 0 Å². The maximum absolute atomic E-state index is 2.66. The molecule has 2 nitrogen and oxygen atoms in total. The van der Waals surface area contributed by atoms with Gasteiger partial charge in [0, 0.05) is 17.0 Å². The van der Waals surface area contributed by atoms with E-state index in [2.05, 4.69) is 48.2 Å². The average Bonchev–Trinajstić information content (AvgIpc) is 2.47. The predicted molar refractivity (Wildman–Crippen MR) is 82.8 cm³/mol. The van der Waals surface area contributed by atoms with Gasteiger partial charge in [-0.1, -0.05) is 18.2 Å². The summed E-state index contributed by atoms with van der Waals surface area (Å²) < 4.78 is 0. The van der Waals surface area contributed by atoms with Crippen LogP contribution in [0.5, 0.6) is 0 Å². The van der Waals surface area contributed by atoms with E-state index in [0.29, 0.717) is 6.04 Å². The molecule has 0 unspecified atom stereocenters. The standard InChI is InChI=1S/C16H24N2S/c1-17-10-7-13(8-11-17)18(2)15-9-12-19-16-6-4-3-5-14(15)16/h3-6,13,15H,7-12H2,1-2H3/t15-/m0/s1. The van der Waals surface area contributed by atoms with Crippen LogP contribution < -0.4 is 0 Å². The lowest BCUT2D eigenvalue weighted by Crippen LogP contribution is -2.43. The molecule has 3 heteroatoms. The van der Waals surface area contributed by atoms with Gasteiger partial charge in [-0.3, -0.25) is 4.90 Å². The van der Waals surface area contributed by atoms with Crippen LogP contribution in [0.25, 0.3) is 0 Å². The van der Waals surface area contributed by atoms with E-state index < -0.39 is 0 Å². The minimum Gasteiger partial charge on any atom is -0.306 e. The third kappa shape index (κ3) is 2.83. The van der Waals surface area contributed by atoms with Crippen molar-refractivity contribution >= 4 is 11.8 Å². The van der Waals surface area contributed by atoms with Crippen LogP contribution in [-0.4, -0.2) is 48.8 Å². The van der Waals surface area contributed by atoms with Crippen molar-refractivity contribution in [3.8, 4) is 0 Å². The Morgan fingerprint density at radius 1 is 1.16 bits per heavy atom. The fraction of sp³-hybridized carbons (Fsp3) is 0.625. The lowest BCUT2D eigenvalue weighted by molar-refractivity contribution is 0.103. The third-order valence-corrected chi connectivity index (χ3v) is 5.81. The molecule has 19 heavy (non-hydrogen) atoms. The van der Waals surface area contributed by atoms with E-state index in [1.54, 1.807) is 5.56 Å². The molecule has 1 fully saturated rings. The summed E-state index contributed by atoms with van der Waals surface area (Å²) >= 11 is 2.02. The molecule has 0 radical (unpaired) electrons. The molecule has 1 aromatic rings. The van der Waals surface area contributed by atoms with Gasteiger partial charge in [-0.25, -0.2) is 0 Å². The van der Waals surface area contributed by atoms with Crippen molar-refractivity contribution in [2.75, 3.05) is 32.9 Å². The molecule has 104 valence electrons. The van der Waals surface area contributed by atoms with Gasteiger partial charge in [0.2, 0.25) is 0 Å². The maximum atomic E-state index is 2.66. The molecule has 3 rings (SSSR count). The minimum atomic E-state index is 0.630. The van der Waals surface area contributed by atoms with Gasteiger partial charge in [0.1, 0.15) is 0 Å². The zero-order valence-corrected chi connectivity index (χ0v) is 12.8. The van der Waals surface area contributed by atoms with Crippen molar-refractivity contribution in [2.45, 2.75) is 36.2 Å². The number of likely N-dealkylation sites (tertiary alicyclic amines) is 1. The van der Waals surface area contributed by atoms with E-state index in [-0.39, 0.29) is 0 Å². The Morgan fingerprint density at radius 2 is 1.89 bits per heavy atom. The first kappa shape index (κ1) is 13.5. The fourth-order valence-electron chi connectivity index (χ4n) is 3.40. The highest BCUT2D eigenvalue weighted by molar-refractivity contribution is 7.99. The number of hydrogen-bond donors (Lipinski definition) is 0. The van der Waals surface area contributed by atoms with E-state index in [1.807, 2.05) is 11.8 Å². The number of rotatable bonds is 2. The zero-order chi connectivity index (χ0) is 13.2. The Labute approximate surface area is 121 Å². The molecular weight excluding hydrogens is 252 g/mol. The first-order valence-corrected chi connectivity index (χ1v) is 8.36. The van der Waals surface area contributed by atoms with Crippen molar-refractivity contribution in [1.29, 1.82) is 0 Å². The van der Waals surface area contributed by atoms with Crippen LogP contribution in [0.1, 0.15) is 30.9 Å². The molecule has 0 N–H and O–H groups in total. The molecule has 0 bridgehead atoms. The summed E-state index contributed by atoms with van der Waals surface area (Å²) in [5.41, 5.74) is 1.56. The first-order chi connectivity index (χ1) is 9.25. The van der Waals surface area contributed by atoms with Gasteiger partial charge in [0.15, 0.2) is 0 Å². The summed E-state index contributed by atoms with van der Waals surface area (Å²) in [6.45, 7) is 2.50. The quantitative estimate of drug-likeness (QED) is 0.819. The molecule has 2 heterocycles. The number of piperidine rings is 1. The lowest BCUT2D eigenvalue weighted by atomic mass is 9.97. The Kier molecular flexibility index (Phi) is 4.15. The van der Waals surface area contributed by atoms with Gasteiger partial charge in [-0.2, -0.15) is 0 Å². The summed E-state index contributed by atoms with van der Waals surface area (Å²) in [5.74, 6) is 1.26. The molecule has 0 spiro atoms. The zero-order valence-electron chi connectivity index (χ0n) is 12.0. The molecule has 1 atom stereocenters. The topological polar surface area (TPSA) is 6.48 Å². The van der Waals surface area contributed by atoms with Gasteiger partial charge in [-0.15, -0.1) is 11.8 Å². The summed E-state index contributed by atoms with van der Waals surface area (Å²) in [4.78, 5) is 6.61. The van der Waals surface area contributed by atoms with E-state index in [0.717, 1.165) is 6.04 Å². The number of fused-ring (bicyclic) bond motifs is 1. The molecule has 0 aliphatic carbocycles. The Morgan fingerprint density at radius 3 is 2.68 bits per heavy atom. The summed E-state index contributed by atoms with van der Waals surface area (Å²) in [5, 5.41) is 0. The third-order valence-electron chi connectivity index (χ3n) is 4.68. The highest BCUT2D eigenvalue weighted by atomic mass is 32.2. The SMILES string of the molecule is CN1CCC(N(C)[C@H]2CCSc3ccccc32)CC1. The molecular formula is C16H24N2S. The number of benzene rings is 1. The monoisotopic (exact) mass is 276 g/mol. The van der Waals surface area contributed by atoms with Crippen molar-refractivity contribution in [1.82, 2.24) is 9.80 Å². The van der Waals surface area contributed by atoms with Crippen molar-refractivity contribution in [3.63, 3.8) is 0 Å². The molecule has 1 aromatic carbocycles. The first-order valence-electron chi connectivity index (χ1n) is 7.38. The van der Waals surface area contributed by atoms with Gasteiger partial charge in [0.05, 0.1) is 0 Å². The van der Waals surface area contributed by atoms with Crippen molar-refractivity contribution < 1.29 is 0 Å². The highest BCUT2D eigenvalue weighted by Gasteiger charge is 2.29. The van der Waals surface area contributed by atoms with Crippen LogP contribution in [-0.2, 0) is 0 Å². The second-order valence-electron chi connectivity index (χ2n) is 5.89. The summed E-state index contributed by atoms with van der Waals surface area (Å²) in [6, 6.07) is 10.4. The largest absolute Gasteiger partial charge is 0.306 e. The highest BCUT2D eigenvalue weighted by Crippen LogP contribution is 2.40. The maximum Gasteiger partial charge on any atom is 0.0367 e. The van der Waals surface area contributed by atoms with Crippen molar-refractivity contribution in [3.05, 3.63) is 29.8 Å². The number of thioether (sulfide) groups is 1. The average molecular weight is 276 g/mol. The van der Waals surface area contributed by atoms with Gasteiger partial charge < -0.3 is 4.90 Å². The summed E-state index contributed by atoms with van der Waals surface area (Å²) in [7, 11) is 4.58. The minimum absolute atomic E-state index is 0.630. The normalized spacial score (nSPS) is 25.5. The van der Waals surface area contributed by atoms with Gasteiger partial charge >= 0.3 is 0 Å². The van der Waals surface area contributed by atoms with Crippen LogP contribution in [0.15, 0.2) is 29.2 Å². The molecule has 1 saturated heterocycles. The van der Waals surface area contributed by atoms with Crippen LogP contribution in [0.2, 0.25) is 0 Å². The Hall–Kier alpha value is -0.510. The van der Waals surface area contributed by atoms with Gasteiger partial charge in [0.25, 0.3) is 0 Å². The smallest absolute Gasteiger partial charge is 0.0367 e. The molecule has 2 aliphatic rings.